The molecule has 8 heteroatoms. The van der Waals surface area contributed by atoms with Gasteiger partial charge in [-0.25, -0.2) is 9.38 Å². The molecule has 0 saturated carbocycles. The molecule has 1 unspecified atom stereocenters. The smallest absolute Gasteiger partial charge is 0.243 e. The summed E-state index contributed by atoms with van der Waals surface area (Å²) in [6, 6.07) is 7.03. The number of likely N-dealkylation sites (N-methyl/N-ethyl adjacent to an activating group) is 1. The van der Waals surface area contributed by atoms with Crippen LogP contribution >= 0.6 is 24.0 Å². The molecule has 1 atom stereocenters. The first kappa shape index (κ1) is 23.5. The lowest BCUT2D eigenvalue weighted by Crippen LogP contribution is -2.51. The molecule has 1 heterocycles. The van der Waals surface area contributed by atoms with Gasteiger partial charge in [0.2, 0.25) is 5.91 Å². The van der Waals surface area contributed by atoms with E-state index in [1.165, 1.54) is 11.0 Å². The Hall–Kier alpha value is -1.58. The molecule has 152 valence electrons. The number of hydrogen-bond donors (Lipinski definition) is 2. The summed E-state index contributed by atoms with van der Waals surface area (Å²) in [6.07, 6.45) is 2.93. The van der Waals surface area contributed by atoms with Gasteiger partial charge < -0.3 is 20.4 Å². The Morgan fingerprint density at radius 1 is 1.37 bits per heavy atom. The third-order valence-corrected chi connectivity index (χ3v) is 4.37. The first-order chi connectivity index (χ1) is 12.5. The van der Waals surface area contributed by atoms with Gasteiger partial charge >= 0.3 is 0 Å². The molecule has 1 aromatic rings. The van der Waals surface area contributed by atoms with E-state index < -0.39 is 0 Å². The van der Waals surface area contributed by atoms with Gasteiger partial charge in [0.15, 0.2) is 5.96 Å². The quantitative estimate of drug-likeness (QED) is 0.365. The van der Waals surface area contributed by atoms with E-state index in [9.17, 15) is 9.18 Å². The molecule has 0 aromatic heterocycles. The Balaban J connectivity index is 0.00000364. The van der Waals surface area contributed by atoms with Gasteiger partial charge in [0.05, 0.1) is 5.69 Å². The van der Waals surface area contributed by atoms with Crippen LogP contribution in [0.25, 0.3) is 0 Å². The Labute approximate surface area is 178 Å². The molecule has 2 N–H and O–H groups in total. The monoisotopic (exact) mass is 491 g/mol. The number of para-hydroxylation sites is 1. The molecule has 0 aliphatic carbocycles. The molecule has 2 rings (SSSR count). The average molecular weight is 491 g/mol. The van der Waals surface area contributed by atoms with Crippen LogP contribution in [0.5, 0.6) is 0 Å². The fraction of sp³-hybridized carbons (Fsp3) is 0.579. The maximum Gasteiger partial charge on any atom is 0.243 e. The highest BCUT2D eigenvalue weighted by molar-refractivity contribution is 14.0. The zero-order valence-corrected chi connectivity index (χ0v) is 18.7. The summed E-state index contributed by atoms with van der Waals surface area (Å²) in [7, 11) is 3.44. The summed E-state index contributed by atoms with van der Waals surface area (Å²) in [6.45, 7) is 4.51. The molecule has 1 amide bonds. The third kappa shape index (κ3) is 7.51. The van der Waals surface area contributed by atoms with E-state index >= 15 is 0 Å². The predicted molar refractivity (Wildman–Crippen MR) is 119 cm³/mol. The second kappa shape index (κ2) is 12.0. The Bertz CT molecular complexity index is 626. The van der Waals surface area contributed by atoms with Gasteiger partial charge in [0, 0.05) is 39.8 Å². The standard InChI is InChI=1S/C19H30FN5O.HI/c1-4-11-21-19(22-13-18(26)24(2)3)23-15-8-7-12-25(14-15)17-10-6-5-9-16(17)20;/h5-6,9-10,15H,4,7-8,11-14H2,1-3H3,(H2,21,22,23);1H. The molecule has 0 radical (unpaired) electrons. The van der Waals surface area contributed by atoms with Crippen molar-refractivity contribution < 1.29 is 9.18 Å². The van der Waals surface area contributed by atoms with Crippen LogP contribution in [0.1, 0.15) is 26.2 Å². The number of anilines is 1. The van der Waals surface area contributed by atoms with E-state index in [-0.39, 0.29) is 48.3 Å². The summed E-state index contributed by atoms with van der Waals surface area (Å²) < 4.78 is 14.1. The fourth-order valence-electron chi connectivity index (χ4n) is 2.90. The number of nitrogens with zero attached hydrogens (tertiary/aromatic N) is 3. The van der Waals surface area contributed by atoms with Gasteiger partial charge in [-0.15, -0.1) is 24.0 Å². The van der Waals surface area contributed by atoms with E-state index in [2.05, 4.69) is 27.4 Å². The molecule has 6 nitrogen and oxygen atoms in total. The second-order valence-electron chi connectivity index (χ2n) is 6.76. The lowest BCUT2D eigenvalue weighted by atomic mass is 10.0. The van der Waals surface area contributed by atoms with E-state index in [1.54, 1.807) is 20.2 Å². The fourth-order valence-corrected chi connectivity index (χ4v) is 2.90. The number of carbonyl (C=O) groups is 1. The van der Waals surface area contributed by atoms with Crippen LogP contribution in [-0.4, -0.2) is 63.1 Å². The highest BCUT2D eigenvalue weighted by atomic mass is 127. The van der Waals surface area contributed by atoms with Crippen molar-refractivity contribution >= 4 is 41.5 Å². The topological polar surface area (TPSA) is 60.0 Å². The number of halogens is 2. The number of guanidine groups is 1. The van der Waals surface area contributed by atoms with E-state index in [4.69, 9.17) is 0 Å². The van der Waals surface area contributed by atoms with Crippen molar-refractivity contribution in [3.8, 4) is 0 Å². The number of hydrogen-bond acceptors (Lipinski definition) is 3. The number of rotatable bonds is 6. The highest BCUT2D eigenvalue weighted by Crippen LogP contribution is 2.22. The lowest BCUT2D eigenvalue weighted by molar-refractivity contribution is -0.127. The van der Waals surface area contributed by atoms with Gasteiger partial charge in [0.25, 0.3) is 0 Å². The van der Waals surface area contributed by atoms with Crippen molar-refractivity contribution in [2.24, 2.45) is 4.99 Å². The van der Waals surface area contributed by atoms with Crippen LogP contribution < -0.4 is 15.5 Å². The largest absolute Gasteiger partial charge is 0.367 e. The van der Waals surface area contributed by atoms with Gasteiger partial charge in [-0.1, -0.05) is 19.1 Å². The number of amides is 1. The van der Waals surface area contributed by atoms with Crippen LogP contribution in [0, 0.1) is 5.82 Å². The molecule has 0 bridgehead atoms. The van der Waals surface area contributed by atoms with E-state index in [0.717, 1.165) is 32.4 Å². The second-order valence-corrected chi connectivity index (χ2v) is 6.76. The van der Waals surface area contributed by atoms with Crippen molar-refractivity contribution in [1.82, 2.24) is 15.5 Å². The summed E-state index contributed by atoms with van der Waals surface area (Å²) in [5, 5.41) is 6.66. The molecule has 0 spiro atoms. The number of carbonyl (C=O) groups excluding carboxylic acids is 1. The van der Waals surface area contributed by atoms with Crippen LogP contribution in [-0.2, 0) is 4.79 Å². The molecule has 1 saturated heterocycles. The number of piperidine rings is 1. The van der Waals surface area contributed by atoms with Gasteiger partial charge in [0.1, 0.15) is 12.4 Å². The first-order valence-corrected chi connectivity index (χ1v) is 9.25. The molecule has 1 aliphatic heterocycles. The highest BCUT2D eigenvalue weighted by Gasteiger charge is 2.22. The summed E-state index contributed by atoms with van der Waals surface area (Å²) in [5.41, 5.74) is 0.641. The Morgan fingerprint density at radius 3 is 2.78 bits per heavy atom. The number of benzene rings is 1. The molecular formula is C19H31FIN5O. The molecule has 27 heavy (non-hydrogen) atoms. The van der Waals surface area contributed by atoms with Gasteiger partial charge in [-0.05, 0) is 31.4 Å². The summed E-state index contributed by atoms with van der Waals surface area (Å²) in [4.78, 5) is 19.8. The number of nitrogens with one attached hydrogen (secondary N) is 2. The summed E-state index contributed by atoms with van der Waals surface area (Å²) >= 11 is 0. The first-order valence-electron chi connectivity index (χ1n) is 9.25. The minimum absolute atomic E-state index is 0. The zero-order valence-electron chi connectivity index (χ0n) is 16.4. The Morgan fingerprint density at radius 2 is 2.11 bits per heavy atom. The third-order valence-electron chi connectivity index (χ3n) is 4.37. The van der Waals surface area contributed by atoms with Crippen LogP contribution in [0.2, 0.25) is 0 Å². The van der Waals surface area contributed by atoms with Crippen molar-refractivity contribution in [3.05, 3.63) is 30.1 Å². The molecule has 1 fully saturated rings. The van der Waals surface area contributed by atoms with E-state index in [1.807, 2.05) is 12.1 Å². The average Bonchev–Trinajstić information content (AvgIpc) is 2.64. The molecule has 1 aromatic carbocycles. The van der Waals surface area contributed by atoms with Crippen molar-refractivity contribution in [2.45, 2.75) is 32.2 Å². The predicted octanol–water partition coefficient (Wildman–Crippen LogP) is 2.45. The summed E-state index contributed by atoms with van der Waals surface area (Å²) in [5.74, 6) is 0.407. The normalized spacial score (nSPS) is 17.1. The van der Waals surface area contributed by atoms with Crippen molar-refractivity contribution in [1.29, 1.82) is 0 Å². The maximum atomic E-state index is 14.1. The lowest BCUT2D eigenvalue weighted by Gasteiger charge is -2.35. The number of aliphatic imine (C=N–C) groups is 1. The van der Waals surface area contributed by atoms with Gasteiger partial charge in [-0.3, -0.25) is 4.79 Å². The van der Waals surface area contributed by atoms with E-state index in [0.29, 0.717) is 18.2 Å². The van der Waals surface area contributed by atoms with Crippen LogP contribution in [0.3, 0.4) is 0 Å². The zero-order chi connectivity index (χ0) is 18.9. The maximum absolute atomic E-state index is 14.1. The van der Waals surface area contributed by atoms with Crippen molar-refractivity contribution in [2.75, 3.05) is 45.2 Å². The van der Waals surface area contributed by atoms with Crippen LogP contribution in [0.15, 0.2) is 29.3 Å². The molecular weight excluding hydrogens is 460 g/mol. The van der Waals surface area contributed by atoms with Gasteiger partial charge in [-0.2, -0.15) is 0 Å². The van der Waals surface area contributed by atoms with Crippen molar-refractivity contribution in [3.63, 3.8) is 0 Å². The van der Waals surface area contributed by atoms with Crippen LogP contribution in [0.4, 0.5) is 10.1 Å². The Kier molecular flexibility index (Phi) is 10.4. The molecule has 1 aliphatic rings. The minimum atomic E-state index is -0.192. The minimum Gasteiger partial charge on any atom is -0.367 e. The SMILES string of the molecule is CCCNC(=NCC(=O)N(C)C)NC1CCCN(c2ccccc2F)C1.I.